The van der Waals surface area contributed by atoms with Gasteiger partial charge in [-0.1, -0.05) is 32.6 Å². The number of hydrogen-bond donors (Lipinski definition) is 2. The quantitative estimate of drug-likeness (QED) is 0.821. The molecule has 1 amide bonds. The van der Waals surface area contributed by atoms with Crippen LogP contribution >= 0.6 is 0 Å². The number of amides is 1. The monoisotopic (exact) mass is 266 g/mol. The molecule has 0 bridgehead atoms. The molecule has 0 aromatic heterocycles. The maximum atomic E-state index is 12.8. The summed E-state index contributed by atoms with van der Waals surface area (Å²) in [5, 5.41) is 6.84. The standard InChI is InChI=1S/C16H30N2O/c1-3-8-16(11-7-12-17-13-16)14(19)18-15(2)9-5-4-6-10-15/h17H,3-13H2,1-2H3,(H,18,19). The van der Waals surface area contributed by atoms with Gasteiger partial charge in [0.25, 0.3) is 0 Å². The van der Waals surface area contributed by atoms with Crippen LogP contribution in [0.3, 0.4) is 0 Å². The van der Waals surface area contributed by atoms with Crippen LogP contribution in [0.5, 0.6) is 0 Å². The number of carbonyl (C=O) groups excluding carboxylic acids is 1. The van der Waals surface area contributed by atoms with Gasteiger partial charge in [-0.05, 0) is 45.6 Å². The average Bonchev–Trinajstić information content (AvgIpc) is 2.40. The van der Waals surface area contributed by atoms with Crippen LogP contribution in [0, 0.1) is 5.41 Å². The second-order valence-corrected chi connectivity index (χ2v) is 6.89. The first kappa shape index (κ1) is 14.8. The molecule has 0 radical (unpaired) electrons. The number of hydrogen-bond acceptors (Lipinski definition) is 2. The maximum absolute atomic E-state index is 12.8. The van der Waals surface area contributed by atoms with Crippen molar-refractivity contribution in [3.8, 4) is 0 Å². The van der Waals surface area contributed by atoms with Gasteiger partial charge < -0.3 is 10.6 Å². The summed E-state index contributed by atoms with van der Waals surface area (Å²) in [5.74, 6) is 0.311. The summed E-state index contributed by atoms with van der Waals surface area (Å²) in [6, 6.07) is 0. The Kier molecular flexibility index (Phi) is 4.88. The van der Waals surface area contributed by atoms with Gasteiger partial charge in [0.2, 0.25) is 5.91 Å². The second kappa shape index (κ2) is 6.25. The second-order valence-electron chi connectivity index (χ2n) is 6.89. The van der Waals surface area contributed by atoms with Gasteiger partial charge in [-0.2, -0.15) is 0 Å². The zero-order valence-electron chi connectivity index (χ0n) is 12.7. The summed E-state index contributed by atoms with van der Waals surface area (Å²) >= 11 is 0. The number of carbonyl (C=O) groups is 1. The molecule has 1 heterocycles. The van der Waals surface area contributed by atoms with Gasteiger partial charge >= 0.3 is 0 Å². The third kappa shape index (κ3) is 3.50. The van der Waals surface area contributed by atoms with Crippen molar-refractivity contribution in [2.24, 2.45) is 5.41 Å². The van der Waals surface area contributed by atoms with Crippen molar-refractivity contribution in [1.82, 2.24) is 10.6 Å². The van der Waals surface area contributed by atoms with E-state index in [0.717, 1.165) is 51.6 Å². The van der Waals surface area contributed by atoms with Gasteiger partial charge in [0, 0.05) is 12.1 Å². The highest BCUT2D eigenvalue weighted by atomic mass is 16.2. The van der Waals surface area contributed by atoms with E-state index in [9.17, 15) is 4.79 Å². The Labute approximate surface area is 117 Å². The van der Waals surface area contributed by atoms with E-state index < -0.39 is 0 Å². The van der Waals surface area contributed by atoms with Crippen molar-refractivity contribution in [2.45, 2.75) is 77.2 Å². The summed E-state index contributed by atoms with van der Waals surface area (Å²) in [5.41, 5.74) is -0.0963. The van der Waals surface area contributed by atoms with Crippen molar-refractivity contribution in [3.63, 3.8) is 0 Å². The van der Waals surface area contributed by atoms with E-state index >= 15 is 0 Å². The van der Waals surface area contributed by atoms with E-state index in [2.05, 4.69) is 24.5 Å². The fourth-order valence-electron chi connectivity index (χ4n) is 3.83. The predicted molar refractivity (Wildman–Crippen MR) is 79.1 cm³/mol. The normalized spacial score (nSPS) is 30.8. The fourth-order valence-corrected chi connectivity index (χ4v) is 3.83. The van der Waals surface area contributed by atoms with Gasteiger partial charge in [-0.25, -0.2) is 0 Å². The highest BCUT2D eigenvalue weighted by Crippen LogP contribution is 2.34. The molecule has 3 heteroatoms. The molecule has 0 aromatic rings. The Hall–Kier alpha value is -0.570. The topological polar surface area (TPSA) is 41.1 Å². The first-order valence-corrected chi connectivity index (χ1v) is 8.14. The zero-order valence-corrected chi connectivity index (χ0v) is 12.7. The Morgan fingerprint density at radius 2 is 1.89 bits per heavy atom. The predicted octanol–water partition coefficient (Wildman–Crippen LogP) is 3.00. The molecule has 19 heavy (non-hydrogen) atoms. The molecule has 0 spiro atoms. The number of rotatable bonds is 4. The van der Waals surface area contributed by atoms with Gasteiger partial charge in [0.1, 0.15) is 0 Å². The van der Waals surface area contributed by atoms with Crippen molar-refractivity contribution in [2.75, 3.05) is 13.1 Å². The zero-order chi connectivity index (χ0) is 13.8. The lowest BCUT2D eigenvalue weighted by molar-refractivity contribution is -0.135. The first-order valence-electron chi connectivity index (χ1n) is 8.14. The van der Waals surface area contributed by atoms with Crippen LogP contribution in [-0.4, -0.2) is 24.5 Å². The van der Waals surface area contributed by atoms with Gasteiger partial charge in [0.05, 0.1) is 5.41 Å². The van der Waals surface area contributed by atoms with Crippen LogP contribution in [-0.2, 0) is 4.79 Å². The molecule has 1 saturated heterocycles. The molecule has 2 rings (SSSR count). The summed E-state index contributed by atoms with van der Waals surface area (Å²) < 4.78 is 0. The SMILES string of the molecule is CCCC1(C(=O)NC2(C)CCCCC2)CCCNC1. The van der Waals surface area contributed by atoms with Crippen molar-refractivity contribution >= 4 is 5.91 Å². The van der Waals surface area contributed by atoms with Crippen LogP contribution in [0.15, 0.2) is 0 Å². The Morgan fingerprint density at radius 1 is 1.16 bits per heavy atom. The minimum absolute atomic E-state index is 0.0491. The molecule has 2 N–H and O–H groups in total. The molecule has 3 nitrogen and oxygen atoms in total. The number of piperidine rings is 1. The molecule has 1 atom stereocenters. The molecular formula is C16H30N2O. The van der Waals surface area contributed by atoms with E-state index in [1.165, 1.54) is 19.3 Å². The van der Waals surface area contributed by atoms with E-state index in [1.807, 2.05) is 0 Å². The lowest BCUT2D eigenvalue weighted by atomic mass is 9.74. The van der Waals surface area contributed by atoms with Crippen LogP contribution < -0.4 is 10.6 Å². The van der Waals surface area contributed by atoms with E-state index in [4.69, 9.17) is 0 Å². The Balaban J connectivity index is 2.02. The average molecular weight is 266 g/mol. The smallest absolute Gasteiger partial charge is 0.227 e. The Bertz CT molecular complexity index is 296. The first-order chi connectivity index (χ1) is 9.10. The molecule has 0 aromatic carbocycles. The molecule has 1 saturated carbocycles. The molecule has 1 unspecified atom stereocenters. The van der Waals surface area contributed by atoms with E-state index in [1.54, 1.807) is 0 Å². The van der Waals surface area contributed by atoms with Crippen molar-refractivity contribution in [1.29, 1.82) is 0 Å². The highest BCUT2D eigenvalue weighted by Gasteiger charge is 2.41. The minimum Gasteiger partial charge on any atom is -0.350 e. The van der Waals surface area contributed by atoms with Crippen LogP contribution in [0.2, 0.25) is 0 Å². The van der Waals surface area contributed by atoms with E-state index in [0.29, 0.717) is 5.91 Å². The summed E-state index contributed by atoms with van der Waals surface area (Å²) in [7, 11) is 0. The van der Waals surface area contributed by atoms with Crippen LogP contribution in [0.4, 0.5) is 0 Å². The molecule has 110 valence electrons. The molecule has 1 aliphatic heterocycles. The van der Waals surface area contributed by atoms with Gasteiger partial charge in [0.15, 0.2) is 0 Å². The lowest BCUT2D eigenvalue weighted by Crippen LogP contribution is -2.57. The Morgan fingerprint density at radius 3 is 2.47 bits per heavy atom. The van der Waals surface area contributed by atoms with Crippen molar-refractivity contribution in [3.05, 3.63) is 0 Å². The van der Waals surface area contributed by atoms with E-state index in [-0.39, 0.29) is 11.0 Å². The lowest BCUT2D eigenvalue weighted by Gasteiger charge is -2.41. The minimum atomic E-state index is -0.145. The molecule has 2 fully saturated rings. The maximum Gasteiger partial charge on any atom is 0.227 e. The summed E-state index contributed by atoms with van der Waals surface area (Å²) in [6.45, 7) is 6.35. The van der Waals surface area contributed by atoms with Crippen LogP contribution in [0.25, 0.3) is 0 Å². The highest BCUT2D eigenvalue weighted by molar-refractivity contribution is 5.83. The summed E-state index contributed by atoms with van der Waals surface area (Å²) in [4.78, 5) is 12.8. The van der Waals surface area contributed by atoms with Crippen LogP contribution in [0.1, 0.15) is 71.6 Å². The third-order valence-electron chi connectivity index (χ3n) is 5.05. The van der Waals surface area contributed by atoms with Gasteiger partial charge in [-0.3, -0.25) is 4.79 Å². The molecular weight excluding hydrogens is 236 g/mol. The molecule has 1 aliphatic carbocycles. The third-order valence-corrected chi connectivity index (χ3v) is 5.05. The summed E-state index contributed by atoms with van der Waals surface area (Å²) in [6.07, 6.45) is 10.4. The number of nitrogens with one attached hydrogen (secondary N) is 2. The molecule has 2 aliphatic rings. The fraction of sp³-hybridized carbons (Fsp3) is 0.938. The van der Waals surface area contributed by atoms with Crippen molar-refractivity contribution < 1.29 is 4.79 Å². The largest absolute Gasteiger partial charge is 0.350 e. The van der Waals surface area contributed by atoms with Gasteiger partial charge in [-0.15, -0.1) is 0 Å².